The molecule has 19 heavy (non-hydrogen) atoms. The van der Waals surface area contributed by atoms with E-state index in [4.69, 9.17) is 17.3 Å². The van der Waals surface area contributed by atoms with Crippen LogP contribution in [-0.2, 0) is 0 Å². The molecule has 3 N–H and O–H groups in total. The molecule has 0 heterocycles. The Morgan fingerprint density at radius 3 is 2.63 bits per heavy atom. The first-order chi connectivity index (χ1) is 8.95. The van der Waals surface area contributed by atoms with Gasteiger partial charge in [-0.1, -0.05) is 27.5 Å². The highest BCUT2D eigenvalue weighted by Crippen LogP contribution is 2.21. The first-order valence-corrected chi connectivity index (χ1v) is 6.45. The molecule has 1 amide bonds. The smallest absolute Gasteiger partial charge is 0.255 e. The summed E-state index contributed by atoms with van der Waals surface area (Å²) in [4.78, 5) is 12.0. The van der Waals surface area contributed by atoms with Crippen molar-refractivity contribution in [3.8, 4) is 0 Å². The Labute approximate surface area is 122 Å². The number of nitrogen functional groups attached to an aromatic ring is 1. The molecule has 0 unspecified atom stereocenters. The zero-order chi connectivity index (χ0) is 14.0. The quantitative estimate of drug-likeness (QED) is 0.807. The van der Waals surface area contributed by atoms with E-state index in [1.807, 2.05) is 0 Å². The monoisotopic (exact) mass is 342 g/mol. The van der Waals surface area contributed by atoms with Crippen molar-refractivity contribution in [2.45, 2.75) is 0 Å². The Kier molecular flexibility index (Phi) is 4.07. The molecule has 0 bridgehead atoms. The predicted molar refractivity (Wildman–Crippen MR) is 77.9 cm³/mol. The molecule has 0 atom stereocenters. The number of nitrogens with two attached hydrogens (primary N) is 1. The van der Waals surface area contributed by atoms with Crippen molar-refractivity contribution in [1.82, 2.24) is 0 Å². The van der Waals surface area contributed by atoms with Crippen LogP contribution in [0.4, 0.5) is 15.8 Å². The number of hydrogen-bond donors (Lipinski definition) is 2. The summed E-state index contributed by atoms with van der Waals surface area (Å²) in [5, 5.41) is 3.06. The van der Waals surface area contributed by atoms with Gasteiger partial charge >= 0.3 is 0 Å². The summed E-state index contributed by atoms with van der Waals surface area (Å²) in [6.45, 7) is 0. The van der Waals surface area contributed by atoms with Gasteiger partial charge in [0.1, 0.15) is 5.82 Å². The SMILES string of the molecule is Nc1cc(NC(=O)c2cc(Cl)cc(Br)c2)ccc1F. The predicted octanol–water partition coefficient (Wildman–Crippen LogP) is 4.08. The van der Waals surface area contributed by atoms with Crippen molar-refractivity contribution in [3.05, 3.63) is 57.3 Å². The third-order valence-corrected chi connectivity index (χ3v) is 3.05. The van der Waals surface area contributed by atoms with E-state index in [1.165, 1.54) is 24.3 Å². The number of halogens is 3. The maximum absolute atomic E-state index is 13.0. The molecular weight excluding hydrogens is 335 g/mol. The number of nitrogens with one attached hydrogen (secondary N) is 1. The maximum atomic E-state index is 13.0. The Bertz CT molecular complexity index is 628. The van der Waals surface area contributed by atoms with E-state index >= 15 is 0 Å². The van der Waals surface area contributed by atoms with Gasteiger partial charge in [-0.05, 0) is 36.4 Å². The molecule has 0 aliphatic rings. The van der Waals surface area contributed by atoms with Gasteiger partial charge in [-0.25, -0.2) is 4.39 Å². The summed E-state index contributed by atoms with van der Waals surface area (Å²) >= 11 is 9.12. The molecule has 0 saturated heterocycles. The van der Waals surface area contributed by atoms with Crippen molar-refractivity contribution < 1.29 is 9.18 Å². The van der Waals surface area contributed by atoms with Crippen molar-refractivity contribution in [2.75, 3.05) is 11.1 Å². The molecule has 6 heteroatoms. The second-order valence-corrected chi connectivity index (χ2v) is 5.20. The van der Waals surface area contributed by atoms with Crippen molar-refractivity contribution in [2.24, 2.45) is 0 Å². The van der Waals surface area contributed by atoms with Crippen LogP contribution in [0.25, 0.3) is 0 Å². The summed E-state index contributed by atoms with van der Waals surface area (Å²) in [6.07, 6.45) is 0. The molecule has 3 nitrogen and oxygen atoms in total. The van der Waals surface area contributed by atoms with Gasteiger partial charge in [0.25, 0.3) is 5.91 Å². The molecule has 0 aliphatic carbocycles. The fourth-order valence-electron chi connectivity index (χ4n) is 1.51. The lowest BCUT2D eigenvalue weighted by Gasteiger charge is -2.07. The number of hydrogen-bond acceptors (Lipinski definition) is 2. The van der Waals surface area contributed by atoms with Crippen molar-refractivity contribution in [1.29, 1.82) is 0 Å². The first-order valence-electron chi connectivity index (χ1n) is 5.28. The Balaban J connectivity index is 2.22. The average Bonchev–Trinajstić information content (AvgIpc) is 2.32. The number of carbonyl (C=O) groups excluding carboxylic acids is 1. The van der Waals surface area contributed by atoms with Crippen LogP contribution < -0.4 is 11.1 Å². The summed E-state index contributed by atoms with van der Waals surface area (Å²) in [6, 6.07) is 8.83. The summed E-state index contributed by atoms with van der Waals surface area (Å²) in [5.41, 5.74) is 6.21. The molecular formula is C13H9BrClFN2O. The Morgan fingerprint density at radius 1 is 1.26 bits per heavy atom. The standard InChI is InChI=1S/C13H9BrClFN2O/c14-8-3-7(4-9(15)5-8)13(19)18-10-1-2-11(16)12(17)6-10/h1-6H,17H2,(H,18,19). The molecule has 0 aromatic heterocycles. The minimum absolute atomic E-state index is 0.0231. The van der Waals surface area contributed by atoms with Gasteiger partial charge in [-0.15, -0.1) is 0 Å². The van der Waals surface area contributed by atoms with Crippen LogP contribution in [0.3, 0.4) is 0 Å². The molecule has 98 valence electrons. The largest absolute Gasteiger partial charge is 0.396 e. The lowest BCUT2D eigenvalue weighted by atomic mass is 10.2. The third-order valence-electron chi connectivity index (χ3n) is 2.38. The summed E-state index contributed by atoms with van der Waals surface area (Å²) in [7, 11) is 0. The van der Waals surface area contributed by atoms with E-state index in [2.05, 4.69) is 21.2 Å². The fraction of sp³-hybridized carbons (Fsp3) is 0. The molecule has 2 aromatic carbocycles. The van der Waals surface area contributed by atoms with Crippen LogP contribution in [0.1, 0.15) is 10.4 Å². The molecule has 0 radical (unpaired) electrons. The zero-order valence-electron chi connectivity index (χ0n) is 9.58. The van der Waals surface area contributed by atoms with E-state index in [0.29, 0.717) is 20.7 Å². The first kappa shape index (κ1) is 13.8. The maximum Gasteiger partial charge on any atom is 0.255 e. The fourth-order valence-corrected chi connectivity index (χ4v) is 2.37. The highest BCUT2D eigenvalue weighted by Gasteiger charge is 2.09. The number of amides is 1. The minimum atomic E-state index is -0.525. The van der Waals surface area contributed by atoms with Crippen LogP contribution in [0.15, 0.2) is 40.9 Å². The van der Waals surface area contributed by atoms with Gasteiger partial charge in [0.15, 0.2) is 0 Å². The summed E-state index contributed by atoms with van der Waals surface area (Å²) < 4.78 is 13.7. The molecule has 0 fully saturated rings. The van der Waals surface area contributed by atoms with Crippen LogP contribution >= 0.6 is 27.5 Å². The zero-order valence-corrected chi connectivity index (χ0v) is 11.9. The van der Waals surface area contributed by atoms with Gasteiger partial charge in [0.2, 0.25) is 0 Å². The Morgan fingerprint density at radius 2 is 2.00 bits per heavy atom. The highest BCUT2D eigenvalue weighted by atomic mass is 79.9. The van der Waals surface area contributed by atoms with E-state index < -0.39 is 5.82 Å². The molecule has 0 spiro atoms. The van der Waals surface area contributed by atoms with E-state index in [9.17, 15) is 9.18 Å². The second-order valence-electron chi connectivity index (χ2n) is 3.85. The molecule has 2 aromatic rings. The van der Waals surface area contributed by atoms with Gasteiger partial charge in [0.05, 0.1) is 5.69 Å². The molecule has 2 rings (SSSR count). The third kappa shape index (κ3) is 3.45. The van der Waals surface area contributed by atoms with Crippen LogP contribution in [0.2, 0.25) is 5.02 Å². The number of anilines is 2. The topological polar surface area (TPSA) is 55.1 Å². The van der Waals surface area contributed by atoms with Crippen LogP contribution in [0.5, 0.6) is 0 Å². The van der Waals surface area contributed by atoms with Crippen molar-refractivity contribution >= 4 is 44.8 Å². The van der Waals surface area contributed by atoms with Gasteiger partial charge in [0, 0.05) is 20.7 Å². The average molecular weight is 344 g/mol. The van der Waals surface area contributed by atoms with Crippen LogP contribution in [0, 0.1) is 5.82 Å². The minimum Gasteiger partial charge on any atom is -0.396 e. The van der Waals surface area contributed by atoms with Gasteiger partial charge in [-0.3, -0.25) is 4.79 Å². The lowest BCUT2D eigenvalue weighted by Crippen LogP contribution is -2.12. The second kappa shape index (κ2) is 5.59. The summed E-state index contributed by atoms with van der Waals surface area (Å²) in [5.74, 6) is -0.877. The molecule has 0 aliphatic heterocycles. The van der Waals surface area contributed by atoms with Crippen LogP contribution in [-0.4, -0.2) is 5.91 Å². The normalized spacial score (nSPS) is 10.3. The van der Waals surface area contributed by atoms with Crippen molar-refractivity contribution in [3.63, 3.8) is 0 Å². The van der Waals surface area contributed by atoms with E-state index in [-0.39, 0.29) is 11.6 Å². The number of carbonyl (C=O) groups is 1. The number of benzene rings is 2. The van der Waals surface area contributed by atoms with E-state index in [1.54, 1.807) is 12.1 Å². The molecule has 0 saturated carbocycles. The van der Waals surface area contributed by atoms with Gasteiger partial charge < -0.3 is 11.1 Å². The number of rotatable bonds is 2. The highest BCUT2D eigenvalue weighted by molar-refractivity contribution is 9.10. The van der Waals surface area contributed by atoms with E-state index in [0.717, 1.165) is 0 Å². The lowest BCUT2D eigenvalue weighted by molar-refractivity contribution is 0.102. The van der Waals surface area contributed by atoms with Gasteiger partial charge in [-0.2, -0.15) is 0 Å². The Hall–Kier alpha value is -1.59.